The summed E-state index contributed by atoms with van der Waals surface area (Å²) in [6.45, 7) is 0.179. The molecule has 1 aliphatic heterocycles. The van der Waals surface area contributed by atoms with Crippen LogP contribution in [0.2, 0.25) is 0 Å². The largest absolute Gasteiger partial charge is 0.454 e. The topological polar surface area (TPSA) is 35.5 Å². The van der Waals surface area contributed by atoms with E-state index in [1.54, 1.807) is 12.2 Å². The Kier molecular flexibility index (Phi) is 3.02. The van der Waals surface area contributed by atoms with Crippen LogP contribution in [0.1, 0.15) is 5.56 Å². The number of allylic oxidation sites excluding steroid dienone is 5. The van der Waals surface area contributed by atoms with E-state index < -0.39 is 0 Å². The second-order valence-electron chi connectivity index (χ2n) is 4.18. The molecule has 0 N–H and O–H groups in total. The van der Waals surface area contributed by atoms with Crippen LogP contribution in [0.5, 0.6) is 0 Å². The molecule has 1 heterocycles. The maximum atomic E-state index is 11.8. The van der Waals surface area contributed by atoms with Crippen LogP contribution in [0.4, 0.5) is 0 Å². The Morgan fingerprint density at radius 2 is 1.74 bits per heavy atom. The predicted octanol–water partition coefficient (Wildman–Crippen LogP) is 2.98. The van der Waals surface area contributed by atoms with Crippen LogP contribution in [0.25, 0.3) is 6.08 Å². The summed E-state index contributed by atoms with van der Waals surface area (Å²) in [6.07, 6.45) is 8.75. The predicted molar refractivity (Wildman–Crippen MR) is 71.8 cm³/mol. The summed E-state index contributed by atoms with van der Waals surface area (Å²) < 4.78 is 10.4. The number of rotatable bonds is 2. The Labute approximate surface area is 111 Å². The van der Waals surface area contributed by atoms with Crippen molar-refractivity contribution in [3.05, 3.63) is 77.3 Å². The van der Waals surface area contributed by atoms with Gasteiger partial charge >= 0.3 is 0 Å². The molecule has 1 aromatic rings. The van der Waals surface area contributed by atoms with Gasteiger partial charge in [-0.05, 0) is 11.6 Å². The lowest BCUT2D eigenvalue weighted by Gasteiger charge is -2.05. The van der Waals surface area contributed by atoms with Crippen LogP contribution < -0.4 is 0 Å². The van der Waals surface area contributed by atoms with Crippen molar-refractivity contribution in [1.82, 2.24) is 0 Å². The van der Waals surface area contributed by atoms with Crippen LogP contribution in [0.15, 0.2) is 71.7 Å². The number of hydrogen-bond donors (Lipinski definition) is 0. The van der Waals surface area contributed by atoms with Crippen molar-refractivity contribution >= 4 is 11.9 Å². The monoisotopic (exact) mass is 252 g/mol. The summed E-state index contributed by atoms with van der Waals surface area (Å²) in [6, 6.07) is 9.91. The molecule has 0 radical (unpaired) electrons. The molecular formula is C16H12O3. The van der Waals surface area contributed by atoms with Crippen molar-refractivity contribution in [2.45, 2.75) is 0 Å². The quantitative estimate of drug-likeness (QED) is 0.759. The standard InChI is InChI=1S/C16H12O3/c17-14-10-16-15(18-11-19-16)9-13(14)8-4-7-12-5-2-1-3-6-12/h1-10H,11H2/b7-4+,13-8-. The van der Waals surface area contributed by atoms with E-state index in [0.717, 1.165) is 5.56 Å². The molecule has 0 aromatic heterocycles. The molecule has 1 saturated heterocycles. The van der Waals surface area contributed by atoms with E-state index in [-0.39, 0.29) is 12.6 Å². The first kappa shape index (κ1) is 11.5. The molecule has 0 unspecified atom stereocenters. The highest BCUT2D eigenvalue weighted by molar-refractivity contribution is 6.08. The van der Waals surface area contributed by atoms with Crippen LogP contribution in [0, 0.1) is 0 Å². The third kappa shape index (κ3) is 2.50. The number of carbonyl (C=O) groups is 1. The van der Waals surface area contributed by atoms with Gasteiger partial charge in [0.05, 0.1) is 0 Å². The van der Waals surface area contributed by atoms with Crippen LogP contribution >= 0.6 is 0 Å². The van der Waals surface area contributed by atoms with E-state index in [1.807, 2.05) is 42.5 Å². The highest BCUT2D eigenvalue weighted by Gasteiger charge is 2.24. The van der Waals surface area contributed by atoms with Crippen LogP contribution in [-0.2, 0) is 14.3 Å². The molecule has 19 heavy (non-hydrogen) atoms. The number of ketones is 1. The van der Waals surface area contributed by atoms with E-state index in [2.05, 4.69) is 0 Å². The van der Waals surface area contributed by atoms with Crippen LogP contribution in [-0.4, -0.2) is 12.6 Å². The van der Waals surface area contributed by atoms with E-state index in [9.17, 15) is 4.79 Å². The average Bonchev–Trinajstić information content (AvgIpc) is 2.87. The molecule has 0 amide bonds. The third-order valence-corrected chi connectivity index (χ3v) is 2.87. The SMILES string of the molecule is O=C1C=C2OCOC2=C/C1=C/C=C/c1ccccc1. The summed E-state index contributed by atoms with van der Waals surface area (Å²) in [7, 11) is 0. The lowest BCUT2D eigenvalue weighted by atomic mass is 10.0. The van der Waals surface area contributed by atoms with Gasteiger partial charge in [0.15, 0.2) is 17.3 Å². The van der Waals surface area contributed by atoms with Crippen molar-refractivity contribution in [2.75, 3.05) is 6.79 Å². The minimum absolute atomic E-state index is 0.0676. The zero-order chi connectivity index (χ0) is 13.1. The smallest absolute Gasteiger partial charge is 0.231 e. The number of hydrogen-bond acceptors (Lipinski definition) is 3. The molecule has 0 saturated carbocycles. The van der Waals surface area contributed by atoms with Crippen molar-refractivity contribution < 1.29 is 14.3 Å². The first-order chi connectivity index (χ1) is 9.33. The molecule has 3 heteroatoms. The van der Waals surface area contributed by atoms with Gasteiger partial charge in [-0.1, -0.05) is 48.6 Å². The number of carbonyl (C=O) groups excluding carboxylic acids is 1. The van der Waals surface area contributed by atoms with Crippen LogP contribution in [0.3, 0.4) is 0 Å². The zero-order valence-electron chi connectivity index (χ0n) is 10.2. The molecule has 1 fully saturated rings. The van der Waals surface area contributed by atoms with Gasteiger partial charge in [-0.2, -0.15) is 0 Å². The summed E-state index contributed by atoms with van der Waals surface area (Å²) >= 11 is 0. The number of ether oxygens (including phenoxy) is 2. The van der Waals surface area contributed by atoms with Crippen molar-refractivity contribution in [3.8, 4) is 0 Å². The molecule has 1 aliphatic carbocycles. The second kappa shape index (κ2) is 4.98. The molecule has 3 nitrogen and oxygen atoms in total. The summed E-state index contributed by atoms with van der Waals surface area (Å²) in [5, 5.41) is 0. The lowest BCUT2D eigenvalue weighted by molar-refractivity contribution is -0.111. The molecule has 0 spiro atoms. The molecule has 1 aromatic carbocycles. The molecule has 94 valence electrons. The van der Waals surface area contributed by atoms with Gasteiger partial charge < -0.3 is 9.47 Å². The van der Waals surface area contributed by atoms with Gasteiger partial charge in [0.2, 0.25) is 6.79 Å². The molecule has 2 aliphatic rings. The minimum atomic E-state index is -0.0676. The number of benzene rings is 1. The summed E-state index contributed by atoms with van der Waals surface area (Å²) in [5.74, 6) is 1.08. The van der Waals surface area contributed by atoms with Crippen molar-refractivity contribution in [3.63, 3.8) is 0 Å². The fraction of sp³-hybridized carbons (Fsp3) is 0.0625. The Balaban J connectivity index is 1.80. The van der Waals surface area contributed by atoms with Gasteiger partial charge in [-0.25, -0.2) is 0 Å². The molecule has 3 rings (SSSR count). The second-order valence-corrected chi connectivity index (χ2v) is 4.18. The average molecular weight is 252 g/mol. The zero-order valence-corrected chi connectivity index (χ0v) is 10.2. The minimum Gasteiger partial charge on any atom is -0.454 e. The van der Waals surface area contributed by atoms with Gasteiger partial charge in [0, 0.05) is 11.6 Å². The van der Waals surface area contributed by atoms with Crippen molar-refractivity contribution in [1.29, 1.82) is 0 Å². The fourth-order valence-corrected chi connectivity index (χ4v) is 1.90. The third-order valence-electron chi connectivity index (χ3n) is 2.87. The maximum absolute atomic E-state index is 11.8. The Morgan fingerprint density at radius 1 is 1.00 bits per heavy atom. The summed E-state index contributed by atoms with van der Waals surface area (Å²) in [4.78, 5) is 11.8. The molecule has 0 bridgehead atoms. The van der Waals surface area contributed by atoms with Gasteiger partial charge in [0.1, 0.15) is 0 Å². The molecule has 0 atom stereocenters. The van der Waals surface area contributed by atoms with Gasteiger partial charge in [-0.3, -0.25) is 4.79 Å². The first-order valence-electron chi connectivity index (χ1n) is 6.00. The normalized spacial score (nSPS) is 19.8. The van der Waals surface area contributed by atoms with E-state index >= 15 is 0 Å². The Hall–Kier alpha value is -2.55. The lowest BCUT2D eigenvalue weighted by Crippen LogP contribution is -2.04. The van der Waals surface area contributed by atoms with Crippen molar-refractivity contribution in [2.24, 2.45) is 0 Å². The highest BCUT2D eigenvalue weighted by Crippen LogP contribution is 2.27. The highest BCUT2D eigenvalue weighted by atomic mass is 16.7. The first-order valence-corrected chi connectivity index (χ1v) is 6.00. The molecular weight excluding hydrogens is 240 g/mol. The summed E-state index contributed by atoms with van der Waals surface area (Å²) in [5.41, 5.74) is 1.68. The van der Waals surface area contributed by atoms with E-state index in [1.165, 1.54) is 6.08 Å². The van der Waals surface area contributed by atoms with E-state index in [4.69, 9.17) is 9.47 Å². The Morgan fingerprint density at radius 3 is 2.53 bits per heavy atom. The fourth-order valence-electron chi connectivity index (χ4n) is 1.90. The van der Waals surface area contributed by atoms with E-state index in [0.29, 0.717) is 17.1 Å². The van der Waals surface area contributed by atoms with Gasteiger partial charge in [-0.15, -0.1) is 0 Å². The maximum Gasteiger partial charge on any atom is 0.231 e. The van der Waals surface area contributed by atoms with Gasteiger partial charge in [0.25, 0.3) is 0 Å². The number of fused-ring (bicyclic) bond motifs is 1. The Bertz CT molecular complexity index is 619.